The van der Waals surface area contributed by atoms with Crippen molar-refractivity contribution in [1.82, 2.24) is 5.16 Å². The maximum Gasteiger partial charge on any atom is 0.167 e. The molecule has 0 amide bonds. The minimum Gasteiger partial charge on any atom is -0.360 e. The van der Waals surface area contributed by atoms with E-state index in [1.54, 1.807) is 0 Å². The molecule has 2 heterocycles. The summed E-state index contributed by atoms with van der Waals surface area (Å²) in [4.78, 5) is 3.97. The van der Waals surface area contributed by atoms with E-state index in [0.717, 1.165) is 54.8 Å². The summed E-state index contributed by atoms with van der Waals surface area (Å²) in [6.45, 7) is 7.27. The molecule has 1 saturated heterocycles. The van der Waals surface area contributed by atoms with E-state index in [1.165, 1.54) is 16.2 Å². The Balaban J connectivity index is 1.37. The van der Waals surface area contributed by atoms with Gasteiger partial charge in [0.2, 0.25) is 0 Å². The maximum atomic E-state index is 6.17. The van der Waals surface area contributed by atoms with Gasteiger partial charge in [-0.05, 0) is 24.6 Å². The second-order valence-corrected chi connectivity index (χ2v) is 7.33. The third-order valence-corrected chi connectivity index (χ3v) is 5.27. The predicted molar refractivity (Wildman–Crippen MR) is 105 cm³/mol. The molecule has 26 heavy (non-hydrogen) atoms. The number of piperazine rings is 1. The van der Waals surface area contributed by atoms with E-state index in [0.29, 0.717) is 0 Å². The first-order valence-corrected chi connectivity index (χ1v) is 9.42. The molecule has 0 spiro atoms. The summed E-state index contributed by atoms with van der Waals surface area (Å²) < 4.78 is 5.52. The Morgan fingerprint density at radius 3 is 2.62 bits per heavy atom. The Labute approximate surface area is 159 Å². The minimum atomic E-state index is 0.802. The molecule has 0 bridgehead atoms. The molecule has 2 aromatic carbocycles. The number of nitrogens with one attached hydrogen (secondary N) is 1. The molecular weight excluding hydrogens is 346 g/mol. The van der Waals surface area contributed by atoms with Crippen molar-refractivity contribution >= 4 is 17.3 Å². The van der Waals surface area contributed by atoms with Crippen LogP contribution in [0.2, 0.25) is 5.02 Å². The van der Waals surface area contributed by atoms with Gasteiger partial charge in [-0.3, -0.25) is 0 Å². The number of anilines is 1. The zero-order valence-corrected chi connectivity index (χ0v) is 15.7. The zero-order valence-electron chi connectivity index (χ0n) is 14.9. The number of aryl methyl sites for hydroxylation is 1. The van der Waals surface area contributed by atoms with Crippen molar-refractivity contribution in [3.8, 4) is 11.3 Å². The summed E-state index contributed by atoms with van der Waals surface area (Å²) in [5.41, 5.74) is 4.62. The summed E-state index contributed by atoms with van der Waals surface area (Å²) in [5.74, 6) is 0.841. The van der Waals surface area contributed by atoms with Gasteiger partial charge in [-0.1, -0.05) is 53.2 Å². The van der Waals surface area contributed by atoms with Crippen molar-refractivity contribution in [1.29, 1.82) is 0 Å². The van der Waals surface area contributed by atoms with Crippen LogP contribution in [0, 0.1) is 6.92 Å². The van der Waals surface area contributed by atoms with E-state index in [4.69, 9.17) is 16.1 Å². The number of benzene rings is 2. The zero-order chi connectivity index (χ0) is 17.9. The van der Waals surface area contributed by atoms with Crippen molar-refractivity contribution < 1.29 is 9.42 Å². The fourth-order valence-corrected chi connectivity index (χ4v) is 3.72. The van der Waals surface area contributed by atoms with Gasteiger partial charge in [0, 0.05) is 22.3 Å². The first kappa shape index (κ1) is 17.1. The van der Waals surface area contributed by atoms with E-state index in [2.05, 4.69) is 35.2 Å². The van der Waals surface area contributed by atoms with Gasteiger partial charge >= 0.3 is 0 Å². The van der Waals surface area contributed by atoms with Gasteiger partial charge in [-0.2, -0.15) is 0 Å². The average Bonchev–Trinajstić information content (AvgIpc) is 3.14. The van der Waals surface area contributed by atoms with Gasteiger partial charge in [0.05, 0.1) is 26.2 Å². The third kappa shape index (κ3) is 3.76. The molecular formula is C21H23ClN3O+. The van der Waals surface area contributed by atoms with Crippen LogP contribution in [0.1, 0.15) is 11.3 Å². The molecule has 4 rings (SSSR count). The van der Waals surface area contributed by atoms with Crippen molar-refractivity contribution in [3.63, 3.8) is 0 Å². The second-order valence-electron chi connectivity index (χ2n) is 6.89. The quantitative estimate of drug-likeness (QED) is 0.767. The summed E-state index contributed by atoms with van der Waals surface area (Å²) >= 11 is 6.17. The minimum absolute atomic E-state index is 0.802. The molecule has 0 aliphatic carbocycles. The van der Waals surface area contributed by atoms with Crippen LogP contribution in [0.25, 0.3) is 11.3 Å². The number of aromatic nitrogens is 1. The van der Waals surface area contributed by atoms with Crippen LogP contribution in [0.3, 0.4) is 0 Å². The van der Waals surface area contributed by atoms with Gasteiger partial charge in [0.1, 0.15) is 12.2 Å². The lowest BCUT2D eigenvalue weighted by atomic mass is 10.1. The van der Waals surface area contributed by atoms with Crippen LogP contribution in [0.5, 0.6) is 0 Å². The van der Waals surface area contributed by atoms with E-state index < -0.39 is 0 Å². The number of rotatable bonds is 4. The predicted octanol–water partition coefficient (Wildman–Crippen LogP) is 3.21. The van der Waals surface area contributed by atoms with Crippen molar-refractivity contribution in [2.75, 3.05) is 31.1 Å². The molecule has 1 aliphatic heterocycles. The van der Waals surface area contributed by atoms with Crippen LogP contribution in [0.4, 0.5) is 5.69 Å². The lowest BCUT2D eigenvalue weighted by Crippen LogP contribution is -3.13. The lowest BCUT2D eigenvalue weighted by Gasteiger charge is -2.34. The Morgan fingerprint density at radius 2 is 1.85 bits per heavy atom. The third-order valence-electron chi connectivity index (χ3n) is 5.03. The van der Waals surface area contributed by atoms with Crippen molar-refractivity contribution in [3.05, 3.63) is 70.9 Å². The van der Waals surface area contributed by atoms with Crippen LogP contribution in [-0.4, -0.2) is 31.3 Å². The Hall–Kier alpha value is -2.30. The standard InChI is InChI=1S/C21H22ClN3O/c1-16-7-8-18(22)13-20(16)25-11-9-24(10-12-25)15-19-14-21(26-23-19)17-5-3-2-4-6-17/h2-8,13-14H,9-12,15H2,1H3/p+1. The highest BCUT2D eigenvalue weighted by molar-refractivity contribution is 6.30. The fraction of sp³-hybridized carbons (Fsp3) is 0.286. The SMILES string of the molecule is Cc1ccc(Cl)cc1N1CC[NH+](Cc2cc(-c3ccccc3)on2)CC1. The topological polar surface area (TPSA) is 33.7 Å². The molecule has 0 saturated carbocycles. The number of quaternary nitrogens is 1. The van der Waals surface area contributed by atoms with E-state index >= 15 is 0 Å². The average molecular weight is 369 g/mol. The van der Waals surface area contributed by atoms with Gasteiger partial charge in [-0.25, -0.2) is 0 Å². The molecule has 1 N–H and O–H groups in total. The van der Waals surface area contributed by atoms with Gasteiger partial charge in [0.25, 0.3) is 0 Å². The van der Waals surface area contributed by atoms with Crippen LogP contribution in [0.15, 0.2) is 59.1 Å². The Kier molecular flexibility index (Phi) is 4.96. The monoisotopic (exact) mass is 368 g/mol. The largest absolute Gasteiger partial charge is 0.360 e. The van der Waals surface area contributed by atoms with Crippen LogP contribution >= 0.6 is 11.6 Å². The summed E-state index contributed by atoms with van der Waals surface area (Å²) in [7, 11) is 0. The summed E-state index contributed by atoms with van der Waals surface area (Å²) in [5, 5.41) is 5.06. The highest BCUT2D eigenvalue weighted by atomic mass is 35.5. The second kappa shape index (κ2) is 7.52. The first-order valence-electron chi connectivity index (χ1n) is 9.05. The molecule has 4 nitrogen and oxygen atoms in total. The first-order chi connectivity index (χ1) is 12.7. The van der Waals surface area contributed by atoms with E-state index in [1.807, 2.05) is 36.4 Å². The number of halogens is 1. The molecule has 3 aromatic rings. The van der Waals surface area contributed by atoms with Gasteiger partial charge in [-0.15, -0.1) is 0 Å². The van der Waals surface area contributed by atoms with Gasteiger partial charge < -0.3 is 14.3 Å². The highest BCUT2D eigenvalue weighted by Crippen LogP contribution is 2.24. The highest BCUT2D eigenvalue weighted by Gasteiger charge is 2.22. The smallest absolute Gasteiger partial charge is 0.167 e. The molecule has 5 heteroatoms. The number of hydrogen-bond donors (Lipinski definition) is 1. The molecule has 134 valence electrons. The summed E-state index contributed by atoms with van der Waals surface area (Å²) in [6, 6.07) is 18.3. The Morgan fingerprint density at radius 1 is 1.08 bits per heavy atom. The summed E-state index contributed by atoms with van der Waals surface area (Å²) in [6.07, 6.45) is 0. The molecule has 1 fully saturated rings. The van der Waals surface area contributed by atoms with Crippen LogP contribution in [-0.2, 0) is 6.54 Å². The molecule has 0 unspecified atom stereocenters. The molecule has 0 radical (unpaired) electrons. The lowest BCUT2D eigenvalue weighted by molar-refractivity contribution is -0.914. The number of nitrogens with zero attached hydrogens (tertiary/aromatic N) is 2. The van der Waals surface area contributed by atoms with Crippen molar-refractivity contribution in [2.24, 2.45) is 0 Å². The molecule has 0 atom stereocenters. The van der Waals surface area contributed by atoms with Crippen LogP contribution < -0.4 is 9.80 Å². The molecule has 1 aliphatic rings. The maximum absolute atomic E-state index is 6.17. The molecule has 1 aromatic heterocycles. The van der Waals surface area contributed by atoms with Crippen molar-refractivity contribution in [2.45, 2.75) is 13.5 Å². The number of hydrogen-bond acceptors (Lipinski definition) is 3. The van der Waals surface area contributed by atoms with E-state index in [-0.39, 0.29) is 0 Å². The normalized spacial score (nSPS) is 15.4. The fourth-order valence-electron chi connectivity index (χ4n) is 3.55. The Bertz CT molecular complexity index is 870. The van der Waals surface area contributed by atoms with Gasteiger partial charge in [0.15, 0.2) is 5.76 Å². The van der Waals surface area contributed by atoms with E-state index in [9.17, 15) is 0 Å².